The summed E-state index contributed by atoms with van der Waals surface area (Å²) in [5, 5.41) is 3.37. The van der Waals surface area contributed by atoms with E-state index >= 15 is 0 Å². The lowest BCUT2D eigenvalue weighted by Gasteiger charge is -2.24. The molecular formula is C13H22N2O. The van der Waals surface area contributed by atoms with Gasteiger partial charge in [0.1, 0.15) is 0 Å². The standard InChI is InChI=1S/C13H22N2O/c1-10-5-7-15-9-12(10)13(14-3)11(2)6-8-16-4/h5,7,9,11,13-14H,6,8H2,1-4H3. The Kier molecular flexibility index (Phi) is 5.43. The largest absolute Gasteiger partial charge is 0.385 e. The molecule has 1 N–H and O–H groups in total. The summed E-state index contributed by atoms with van der Waals surface area (Å²) < 4.78 is 5.13. The number of ether oxygens (including phenoxy) is 1. The van der Waals surface area contributed by atoms with Crippen molar-refractivity contribution in [3.8, 4) is 0 Å². The molecule has 1 heterocycles. The van der Waals surface area contributed by atoms with Crippen molar-refractivity contribution >= 4 is 0 Å². The van der Waals surface area contributed by atoms with E-state index in [-0.39, 0.29) is 0 Å². The molecule has 0 saturated heterocycles. The molecule has 0 aliphatic rings. The Hall–Kier alpha value is -0.930. The number of aryl methyl sites for hydroxylation is 1. The van der Waals surface area contributed by atoms with E-state index in [1.165, 1.54) is 11.1 Å². The van der Waals surface area contributed by atoms with Crippen LogP contribution in [0.3, 0.4) is 0 Å². The molecule has 0 radical (unpaired) electrons. The molecule has 16 heavy (non-hydrogen) atoms. The fourth-order valence-electron chi connectivity index (χ4n) is 2.02. The summed E-state index contributed by atoms with van der Waals surface area (Å²) in [6.45, 7) is 5.18. The van der Waals surface area contributed by atoms with Crippen molar-refractivity contribution in [3.05, 3.63) is 29.6 Å². The highest BCUT2D eigenvalue weighted by Crippen LogP contribution is 2.25. The average Bonchev–Trinajstić information content (AvgIpc) is 2.30. The summed E-state index contributed by atoms with van der Waals surface area (Å²) in [5.74, 6) is 0.535. The maximum absolute atomic E-state index is 5.13. The van der Waals surface area contributed by atoms with E-state index in [9.17, 15) is 0 Å². The van der Waals surface area contributed by atoms with Crippen molar-refractivity contribution < 1.29 is 4.74 Å². The van der Waals surface area contributed by atoms with Gasteiger partial charge in [-0.3, -0.25) is 4.98 Å². The number of hydrogen-bond acceptors (Lipinski definition) is 3. The van der Waals surface area contributed by atoms with Gasteiger partial charge in [0.25, 0.3) is 0 Å². The van der Waals surface area contributed by atoms with Crippen molar-refractivity contribution in [1.29, 1.82) is 0 Å². The van der Waals surface area contributed by atoms with Gasteiger partial charge in [0.05, 0.1) is 0 Å². The Morgan fingerprint density at radius 2 is 2.25 bits per heavy atom. The number of rotatable bonds is 6. The zero-order valence-corrected chi connectivity index (χ0v) is 10.7. The molecule has 0 aliphatic heterocycles. The van der Waals surface area contributed by atoms with Crippen LogP contribution in [0, 0.1) is 12.8 Å². The third-order valence-corrected chi connectivity index (χ3v) is 3.07. The zero-order valence-electron chi connectivity index (χ0n) is 10.7. The molecule has 3 heteroatoms. The molecule has 0 aliphatic carbocycles. The van der Waals surface area contributed by atoms with Gasteiger partial charge in [-0.1, -0.05) is 6.92 Å². The average molecular weight is 222 g/mol. The van der Waals surface area contributed by atoms with Crippen LogP contribution < -0.4 is 5.32 Å². The number of nitrogens with zero attached hydrogens (tertiary/aromatic N) is 1. The van der Waals surface area contributed by atoms with Crippen LogP contribution in [0.5, 0.6) is 0 Å². The quantitative estimate of drug-likeness (QED) is 0.802. The van der Waals surface area contributed by atoms with Crippen molar-refractivity contribution in [2.75, 3.05) is 20.8 Å². The van der Waals surface area contributed by atoms with Gasteiger partial charge in [-0.15, -0.1) is 0 Å². The normalized spacial score (nSPS) is 14.8. The van der Waals surface area contributed by atoms with E-state index < -0.39 is 0 Å². The monoisotopic (exact) mass is 222 g/mol. The Morgan fingerprint density at radius 1 is 1.50 bits per heavy atom. The molecule has 0 saturated carbocycles. The first kappa shape index (κ1) is 13.1. The first-order valence-electron chi connectivity index (χ1n) is 5.77. The Balaban J connectivity index is 2.77. The summed E-state index contributed by atoms with van der Waals surface area (Å²) in [6.07, 6.45) is 4.85. The van der Waals surface area contributed by atoms with Gasteiger partial charge < -0.3 is 10.1 Å². The summed E-state index contributed by atoms with van der Waals surface area (Å²) in [7, 11) is 3.75. The minimum absolute atomic E-state index is 0.351. The lowest BCUT2D eigenvalue weighted by atomic mass is 9.91. The fraction of sp³-hybridized carbons (Fsp3) is 0.615. The van der Waals surface area contributed by atoms with Gasteiger partial charge in [0.2, 0.25) is 0 Å². The zero-order chi connectivity index (χ0) is 12.0. The van der Waals surface area contributed by atoms with Crippen LogP contribution in [0.4, 0.5) is 0 Å². The topological polar surface area (TPSA) is 34.2 Å². The Morgan fingerprint density at radius 3 is 2.81 bits per heavy atom. The van der Waals surface area contributed by atoms with E-state index in [4.69, 9.17) is 4.74 Å². The molecule has 0 amide bonds. The minimum Gasteiger partial charge on any atom is -0.385 e. The van der Waals surface area contributed by atoms with E-state index in [0.29, 0.717) is 12.0 Å². The first-order valence-corrected chi connectivity index (χ1v) is 5.77. The summed E-state index contributed by atoms with van der Waals surface area (Å²) in [6, 6.07) is 2.41. The second kappa shape index (κ2) is 6.61. The van der Waals surface area contributed by atoms with Gasteiger partial charge in [-0.2, -0.15) is 0 Å². The molecule has 90 valence electrons. The molecule has 0 fully saturated rings. The summed E-state index contributed by atoms with van der Waals surface area (Å²) in [5.41, 5.74) is 2.58. The molecule has 0 spiro atoms. The fourth-order valence-corrected chi connectivity index (χ4v) is 2.02. The SMILES string of the molecule is CNC(c1cnccc1C)C(C)CCOC. The van der Waals surface area contributed by atoms with Gasteiger partial charge in [0.15, 0.2) is 0 Å². The smallest absolute Gasteiger partial charge is 0.0465 e. The second-order valence-electron chi connectivity index (χ2n) is 4.26. The van der Waals surface area contributed by atoms with E-state index in [1.54, 1.807) is 7.11 Å². The summed E-state index contributed by atoms with van der Waals surface area (Å²) in [4.78, 5) is 4.21. The number of pyridine rings is 1. The van der Waals surface area contributed by atoms with Crippen molar-refractivity contribution in [2.24, 2.45) is 5.92 Å². The van der Waals surface area contributed by atoms with Crippen LogP contribution in [0.2, 0.25) is 0 Å². The predicted octanol–water partition coefficient (Wildman–Crippen LogP) is 2.32. The third kappa shape index (κ3) is 3.29. The Bertz CT molecular complexity index is 315. The first-order chi connectivity index (χ1) is 7.70. The van der Waals surface area contributed by atoms with Gasteiger partial charge >= 0.3 is 0 Å². The van der Waals surface area contributed by atoms with E-state index in [0.717, 1.165) is 13.0 Å². The highest BCUT2D eigenvalue weighted by molar-refractivity contribution is 5.25. The lowest BCUT2D eigenvalue weighted by molar-refractivity contribution is 0.171. The molecule has 1 aromatic heterocycles. The lowest BCUT2D eigenvalue weighted by Crippen LogP contribution is -2.25. The molecule has 0 bridgehead atoms. The molecule has 1 rings (SSSR count). The maximum Gasteiger partial charge on any atom is 0.0465 e. The van der Waals surface area contributed by atoms with E-state index in [2.05, 4.69) is 30.2 Å². The number of nitrogens with one attached hydrogen (secondary N) is 1. The predicted molar refractivity (Wildman–Crippen MR) is 66.4 cm³/mol. The molecule has 1 aromatic rings. The number of methoxy groups -OCH3 is 1. The van der Waals surface area contributed by atoms with Gasteiger partial charge in [-0.25, -0.2) is 0 Å². The van der Waals surface area contributed by atoms with Crippen molar-refractivity contribution in [2.45, 2.75) is 26.3 Å². The van der Waals surface area contributed by atoms with Crippen LogP contribution in [0.1, 0.15) is 30.5 Å². The van der Waals surface area contributed by atoms with Crippen LogP contribution in [-0.2, 0) is 4.74 Å². The molecule has 2 unspecified atom stereocenters. The third-order valence-electron chi connectivity index (χ3n) is 3.07. The molecule has 2 atom stereocenters. The minimum atomic E-state index is 0.351. The van der Waals surface area contributed by atoms with E-state index in [1.807, 2.05) is 19.4 Å². The summed E-state index contributed by atoms with van der Waals surface area (Å²) >= 11 is 0. The Labute approximate surface area is 98.2 Å². The van der Waals surface area contributed by atoms with Gasteiger partial charge in [0, 0.05) is 32.2 Å². The second-order valence-corrected chi connectivity index (χ2v) is 4.26. The highest BCUT2D eigenvalue weighted by atomic mass is 16.5. The van der Waals surface area contributed by atoms with Gasteiger partial charge in [-0.05, 0) is 43.5 Å². The van der Waals surface area contributed by atoms with Crippen LogP contribution in [0.25, 0.3) is 0 Å². The maximum atomic E-state index is 5.13. The van der Waals surface area contributed by atoms with Crippen LogP contribution in [0.15, 0.2) is 18.5 Å². The van der Waals surface area contributed by atoms with Crippen molar-refractivity contribution in [3.63, 3.8) is 0 Å². The molecular weight excluding hydrogens is 200 g/mol. The van der Waals surface area contributed by atoms with Crippen LogP contribution in [-0.4, -0.2) is 25.7 Å². The van der Waals surface area contributed by atoms with Crippen molar-refractivity contribution in [1.82, 2.24) is 10.3 Å². The molecule has 0 aromatic carbocycles. The number of aromatic nitrogens is 1. The number of hydrogen-bond donors (Lipinski definition) is 1. The molecule has 3 nitrogen and oxygen atoms in total. The highest BCUT2D eigenvalue weighted by Gasteiger charge is 2.18. The van der Waals surface area contributed by atoms with Crippen LogP contribution >= 0.6 is 0 Å².